The standard InChI is InChI=1S/C12H15ClN4O2/c1-8(2)17-6-14-4-9(17)5-16-7-15-11(13)10(19-3)12(16)18/h4,6-8H,5H2,1-3H3. The molecule has 0 aliphatic heterocycles. The third kappa shape index (κ3) is 2.63. The summed E-state index contributed by atoms with van der Waals surface area (Å²) in [7, 11) is 1.40. The number of imidazole rings is 1. The molecule has 2 rings (SSSR count). The van der Waals surface area contributed by atoms with Crippen LogP contribution in [0.1, 0.15) is 25.6 Å². The summed E-state index contributed by atoms with van der Waals surface area (Å²) in [5, 5.41) is 0.0705. The van der Waals surface area contributed by atoms with Gasteiger partial charge in [-0.15, -0.1) is 0 Å². The first-order valence-corrected chi connectivity index (χ1v) is 6.22. The van der Waals surface area contributed by atoms with E-state index in [1.807, 2.05) is 4.57 Å². The molecule has 2 heterocycles. The molecule has 19 heavy (non-hydrogen) atoms. The molecule has 0 aliphatic rings. The summed E-state index contributed by atoms with van der Waals surface area (Å²) in [6, 6.07) is 0.273. The van der Waals surface area contributed by atoms with Gasteiger partial charge < -0.3 is 9.30 Å². The molecule has 0 aromatic carbocycles. The number of rotatable bonds is 4. The fourth-order valence-electron chi connectivity index (χ4n) is 1.83. The maximum absolute atomic E-state index is 12.1. The third-order valence-electron chi connectivity index (χ3n) is 2.79. The monoisotopic (exact) mass is 282 g/mol. The van der Waals surface area contributed by atoms with Crippen molar-refractivity contribution in [1.29, 1.82) is 0 Å². The minimum Gasteiger partial charge on any atom is -0.489 e. The van der Waals surface area contributed by atoms with Crippen molar-refractivity contribution in [1.82, 2.24) is 19.1 Å². The van der Waals surface area contributed by atoms with Gasteiger partial charge in [-0.3, -0.25) is 9.36 Å². The van der Waals surface area contributed by atoms with Crippen LogP contribution in [-0.4, -0.2) is 26.2 Å². The molecule has 0 amide bonds. The van der Waals surface area contributed by atoms with Crippen LogP contribution in [0.3, 0.4) is 0 Å². The van der Waals surface area contributed by atoms with E-state index in [-0.39, 0.29) is 22.5 Å². The smallest absolute Gasteiger partial charge is 0.297 e. The number of aromatic nitrogens is 4. The first-order chi connectivity index (χ1) is 9.04. The van der Waals surface area contributed by atoms with Gasteiger partial charge >= 0.3 is 0 Å². The van der Waals surface area contributed by atoms with Gasteiger partial charge in [0.2, 0.25) is 5.75 Å². The lowest BCUT2D eigenvalue weighted by Crippen LogP contribution is -2.24. The molecule has 0 bridgehead atoms. The summed E-state index contributed by atoms with van der Waals surface area (Å²) in [5.41, 5.74) is 0.613. The predicted molar refractivity (Wildman–Crippen MR) is 71.8 cm³/mol. The number of halogens is 1. The largest absolute Gasteiger partial charge is 0.489 e. The summed E-state index contributed by atoms with van der Waals surface area (Å²) >= 11 is 5.80. The molecule has 0 saturated heterocycles. The third-order valence-corrected chi connectivity index (χ3v) is 3.06. The predicted octanol–water partition coefficient (Wildman–Crippen LogP) is 1.73. The molecule has 102 valence electrons. The van der Waals surface area contributed by atoms with Crippen LogP contribution in [0, 0.1) is 0 Å². The Morgan fingerprint density at radius 3 is 2.79 bits per heavy atom. The Morgan fingerprint density at radius 2 is 2.16 bits per heavy atom. The van der Waals surface area contributed by atoms with E-state index in [4.69, 9.17) is 16.3 Å². The van der Waals surface area contributed by atoms with Gasteiger partial charge in [-0.05, 0) is 13.8 Å². The molecule has 6 nitrogen and oxygen atoms in total. The highest BCUT2D eigenvalue weighted by Gasteiger charge is 2.12. The molecular weight excluding hydrogens is 268 g/mol. The van der Waals surface area contributed by atoms with Gasteiger partial charge in [0.25, 0.3) is 5.56 Å². The normalized spacial score (nSPS) is 11.0. The van der Waals surface area contributed by atoms with Crippen LogP contribution in [0.2, 0.25) is 5.15 Å². The second-order valence-corrected chi connectivity index (χ2v) is 4.75. The van der Waals surface area contributed by atoms with Crippen LogP contribution in [0.25, 0.3) is 0 Å². The van der Waals surface area contributed by atoms with Crippen molar-refractivity contribution in [3.8, 4) is 5.75 Å². The van der Waals surface area contributed by atoms with Crippen molar-refractivity contribution in [3.05, 3.63) is 40.1 Å². The zero-order valence-corrected chi connectivity index (χ0v) is 11.8. The van der Waals surface area contributed by atoms with E-state index in [0.29, 0.717) is 6.54 Å². The Balaban J connectivity index is 2.39. The molecule has 0 unspecified atom stereocenters. The second kappa shape index (κ2) is 5.44. The Morgan fingerprint density at radius 1 is 1.42 bits per heavy atom. The van der Waals surface area contributed by atoms with Gasteiger partial charge in [0, 0.05) is 12.2 Å². The molecule has 2 aromatic heterocycles. The Hall–Kier alpha value is -1.82. The molecule has 0 atom stereocenters. The maximum Gasteiger partial charge on any atom is 0.297 e. The van der Waals surface area contributed by atoms with Crippen molar-refractivity contribution in [2.24, 2.45) is 0 Å². The molecule has 0 radical (unpaired) electrons. The number of hydrogen-bond acceptors (Lipinski definition) is 4. The topological polar surface area (TPSA) is 61.9 Å². The summed E-state index contributed by atoms with van der Waals surface area (Å²) < 4.78 is 8.40. The minimum absolute atomic E-state index is 0.0554. The van der Waals surface area contributed by atoms with Crippen molar-refractivity contribution >= 4 is 11.6 Å². The maximum atomic E-state index is 12.1. The van der Waals surface area contributed by atoms with E-state index in [9.17, 15) is 4.79 Å². The van der Waals surface area contributed by atoms with E-state index in [0.717, 1.165) is 5.69 Å². The highest BCUT2D eigenvalue weighted by Crippen LogP contribution is 2.16. The van der Waals surface area contributed by atoms with Gasteiger partial charge in [0.1, 0.15) is 0 Å². The average Bonchev–Trinajstić information content (AvgIpc) is 2.82. The van der Waals surface area contributed by atoms with Crippen molar-refractivity contribution in [2.45, 2.75) is 26.4 Å². The summed E-state index contributed by atoms with van der Waals surface area (Å²) in [6.45, 7) is 4.47. The fraction of sp³-hybridized carbons (Fsp3) is 0.417. The van der Waals surface area contributed by atoms with E-state index >= 15 is 0 Å². The molecule has 2 aromatic rings. The Labute approximate surface area is 115 Å². The van der Waals surface area contributed by atoms with E-state index < -0.39 is 0 Å². The molecule has 0 aliphatic carbocycles. The molecule has 0 fully saturated rings. The lowest BCUT2D eigenvalue weighted by atomic mass is 10.3. The van der Waals surface area contributed by atoms with Gasteiger partial charge in [0.05, 0.1) is 32.0 Å². The van der Waals surface area contributed by atoms with Crippen molar-refractivity contribution in [3.63, 3.8) is 0 Å². The summed E-state index contributed by atoms with van der Waals surface area (Å²) in [5.74, 6) is 0.0554. The molecule has 0 N–H and O–H groups in total. The number of nitrogens with zero attached hydrogens (tertiary/aromatic N) is 4. The highest BCUT2D eigenvalue weighted by atomic mass is 35.5. The van der Waals surface area contributed by atoms with Crippen molar-refractivity contribution in [2.75, 3.05) is 7.11 Å². The SMILES string of the molecule is COc1c(Cl)ncn(Cc2cncn2C(C)C)c1=O. The van der Waals surface area contributed by atoms with E-state index in [1.54, 1.807) is 12.5 Å². The quantitative estimate of drug-likeness (QED) is 0.801. The lowest BCUT2D eigenvalue weighted by Gasteiger charge is -2.13. The summed E-state index contributed by atoms with van der Waals surface area (Å²) in [4.78, 5) is 20.2. The minimum atomic E-state index is -0.306. The van der Waals surface area contributed by atoms with Crippen molar-refractivity contribution < 1.29 is 4.74 Å². The van der Waals surface area contributed by atoms with Gasteiger partial charge in [-0.1, -0.05) is 11.6 Å². The average molecular weight is 283 g/mol. The van der Waals surface area contributed by atoms with Crippen LogP contribution in [0.15, 0.2) is 23.6 Å². The fourth-order valence-corrected chi connectivity index (χ4v) is 2.03. The number of methoxy groups -OCH3 is 1. The van der Waals surface area contributed by atoms with Gasteiger partial charge in [0.15, 0.2) is 5.15 Å². The lowest BCUT2D eigenvalue weighted by molar-refractivity contribution is 0.400. The molecule has 0 spiro atoms. The van der Waals surface area contributed by atoms with Crippen LogP contribution >= 0.6 is 11.6 Å². The first-order valence-electron chi connectivity index (χ1n) is 5.84. The van der Waals surface area contributed by atoms with Gasteiger partial charge in [-0.25, -0.2) is 9.97 Å². The van der Waals surface area contributed by atoms with Gasteiger partial charge in [-0.2, -0.15) is 0 Å². The molecular formula is C12H15ClN4O2. The highest BCUT2D eigenvalue weighted by molar-refractivity contribution is 6.30. The number of ether oxygens (including phenoxy) is 1. The molecule has 0 saturated carbocycles. The van der Waals surface area contributed by atoms with Crippen LogP contribution < -0.4 is 10.3 Å². The zero-order valence-electron chi connectivity index (χ0n) is 11.0. The first kappa shape index (κ1) is 13.6. The van der Waals surface area contributed by atoms with Crippen LogP contribution in [0.5, 0.6) is 5.75 Å². The van der Waals surface area contributed by atoms with E-state index in [2.05, 4.69) is 23.8 Å². The Bertz CT molecular complexity index is 633. The number of hydrogen-bond donors (Lipinski definition) is 0. The molecule has 7 heteroatoms. The zero-order chi connectivity index (χ0) is 14.0. The Kier molecular flexibility index (Phi) is 3.90. The van der Waals surface area contributed by atoms with Crippen LogP contribution in [-0.2, 0) is 6.54 Å². The van der Waals surface area contributed by atoms with E-state index in [1.165, 1.54) is 18.0 Å². The summed E-state index contributed by atoms with van der Waals surface area (Å²) in [6.07, 6.45) is 4.88. The van der Waals surface area contributed by atoms with Crippen LogP contribution in [0.4, 0.5) is 0 Å². The second-order valence-electron chi connectivity index (χ2n) is 4.39.